The fraction of sp³-hybridized carbons (Fsp3) is 0.449. The maximum Gasteiger partial charge on any atom is 0.234 e. The monoisotopic (exact) mass is 1000 g/mol. The molecule has 356 valence electrons. The van der Waals surface area contributed by atoms with Crippen LogP contribution in [0.1, 0.15) is 74.8 Å². The summed E-state index contributed by atoms with van der Waals surface area (Å²) in [5.74, 6) is -2.55. The van der Waals surface area contributed by atoms with E-state index in [1.807, 2.05) is 13.8 Å². The quantitative estimate of drug-likeness (QED) is 0.0681. The Morgan fingerprint density at radius 3 is 2.25 bits per heavy atom. The normalized spacial score (nSPS) is 17.8. The number of nitrogens with one attached hydrogen (secondary N) is 3. The van der Waals surface area contributed by atoms with Gasteiger partial charge in [0.05, 0.1) is 39.6 Å². The number of rotatable bonds is 15. The van der Waals surface area contributed by atoms with Gasteiger partial charge >= 0.3 is 0 Å². The van der Waals surface area contributed by atoms with E-state index in [2.05, 4.69) is 75.6 Å². The molecule has 3 aromatic carbocycles. The van der Waals surface area contributed by atoms with Crippen molar-refractivity contribution < 1.29 is 32.1 Å². The summed E-state index contributed by atoms with van der Waals surface area (Å²) in [6.45, 7) is 15.8. The highest BCUT2D eigenvalue weighted by molar-refractivity contribution is 9.10. The van der Waals surface area contributed by atoms with Gasteiger partial charge in [0.1, 0.15) is 36.2 Å². The minimum Gasteiger partial charge on any atom is -0.492 e. The first-order valence-corrected chi connectivity index (χ1v) is 26.6. The molecule has 3 N–H and O–H groups in total. The molecule has 0 saturated carbocycles. The van der Waals surface area contributed by atoms with Gasteiger partial charge in [0, 0.05) is 92.5 Å². The first-order valence-electron chi connectivity index (χ1n) is 23.2. The third kappa shape index (κ3) is 10.8. The Labute approximate surface area is 398 Å². The van der Waals surface area contributed by atoms with Crippen molar-refractivity contribution in [1.29, 1.82) is 0 Å². The fourth-order valence-electron chi connectivity index (χ4n) is 9.70. The molecule has 2 aromatic heterocycles. The van der Waals surface area contributed by atoms with Crippen molar-refractivity contribution in [1.82, 2.24) is 30.1 Å². The molecule has 3 saturated heterocycles. The third-order valence-corrected chi connectivity index (χ3v) is 15.3. The SMILES string of the molecule is CCOc1cc(N2CCC(N3CCN(CCc4cc(F)c([C@H]5CCC(=O)NC5=O)c(F)c4)CC3)CC2)c(CC)cc1Nc1ncc(Br)c(Nc2ccc3nc(CC)c(F)cc3c2P(C)(C)=O)n1. The smallest absolute Gasteiger partial charge is 0.234 e. The zero-order valence-corrected chi connectivity index (χ0v) is 41.1. The molecule has 0 unspecified atom stereocenters. The van der Waals surface area contributed by atoms with E-state index in [1.54, 1.807) is 31.7 Å². The van der Waals surface area contributed by atoms with Crippen LogP contribution in [0, 0.1) is 17.5 Å². The zero-order chi connectivity index (χ0) is 47.6. The number of piperazine rings is 1. The summed E-state index contributed by atoms with van der Waals surface area (Å²) in [6.07, 6.45) is 5.56. The number of ether oxygens (including phenoxy) is 1. The number of aryl methyl sites for hydroxylation is 2. The van der Waals surface area contributed by atoms with Gasteiger partial charge in [-0.15, -0.1) is 0 Å². The topological polar surface area (TPSA) is 145 Å². The van der Waals surface area contributed by atoms with Gasteiger partial charge in [-0.05, 0) is 122 Å². The lowest BCUT2D eigenvalue weighted by Gasteiger charge is -2.43. The number of anilines is 5. The molecule has 0 radical (unpaired) electrons. The maximum absolute atomic E-state index is 15.1. The van der Waals surface area contributed by atoms with E-state index in [1.165, 1.54) is 18.2 Å². The molecule has 8 rings (SSSR count). The predicted molar refractivity (Wildman–Crippen MR) is 262 cm³/mol. The van der Waals surface area contributed by atoms with Crippen LogP contribution in [0.5, 0.6) is 5.75 Å². The summed E-state index contributed by atoms with van der Waals surface area (Å²) in [4.78, 5) is 45.1. The van der Waals surface area contributed by atoms with Gasteiger partial charge < -0.3 is 29.7 Å². The van der Waals surface area contributed by atoms with Gasteiger partial charge in [-0.3, -0.25) is 19.8 Å². The number of hydrogen-bond acceptors (Lipinski definition) is 12. The van der Waals surface area contributed by atoms with Crippen LogP contribution in [0.25, 0.3) is 10.9 Å². The van der Waals surface area contributed by atoms with Gasteiger partial charge in [0.2, 0.25) is 17.8 Å². The van der Waals surface area contributed by atoms with Gasteiger partial charge in [0.15, 0.2) is 0 Å². The molecule has 0 bridgehead atoms. The second kappa shape index (κ2) is 20.6. The molecule has 2 amide bonds. The molecule has 5 aromatic rings. The Balaban J connectivity index is 0.892. The van der Waals surface area contributed by atoms with Crippen molar-refractivity contribution in [3.63, 3.8) is 0 Å². The number of halogens is 4. The van der Waals surface area contributed by atoms with E-state index in [0.29, 0.717) is 87.2 Å². The number of amides is 2. The molecule has 67 heavy (non-hydrogen) atoms. The lowest BCUT2D eigenvalue weighted by atomic mass is 9.89. The summed E-state index contributed by atoms with van der Waals surface area (Å²) < 4.78 is 65.8. The Bertz CT molecular complexity index is 2700. The Morgan fingerprint density at radius 2 is 1.60 bits per heavy atom. The Morgan fingerprint density at radius 1 is 0.866 bits per heavy atom. The molecule has 5 heterocycles. The largest absolute Gasteiger partial charge is 0.492 e. The lowest BCUT2D eigenvalue weighted by molar-refractivity contribution is -0.134. The predicted octanol–water partition coefficient (Wildman–Crippen LogP) is 8.81. The molecule has 0 spiro atoms. The van der Waals surface area contributed by atoms with Gasteiger partial charge in [-0.2, -0.15) is 4.98 Å². The van der Waals surface area contributed by atoms with Crippen LogP contribution in [0.4, 0.5) is 42.0 Å². The number of imide groups is 1. The molecule has 3 aliphatic heterocycles. The summed E-state index contributed by atoms with van der Waals surface area (Å²) in [5.41, 5.74) is 4.80. The van der Waals surface area contributed by atoms with Gasteiger partial charge in [-0.25, -0.2) is 23.1 Å². The number of fused-ring (bicyclic) bond motifs is 1. The van der Waals surface area contributed by atoms with Crippen LogP contribution in [-0.2, 0) is 33.4 Å². The number of carbonyl (C=O) groups is 2. The molecule has 1 atom stereocenters. The number of nitrogens with zero attached hydrogens (tertiary/aromatic N) is 6. The van der Waals surface area contributed by atoms with E-state index < -0.39 is 42.3 Å². The maximum atomic E-state index is 15.1. The Hall–Kier alpha value is -5.09. The molecule has 3 fully saturated rings. The van der Waals surface area contributed by atoms with E-state index in [9.17, 15) is 14.2 Å². The Kier molecular flexibility index (Phi) is 14.9. The van der Waals surface area contributed by atoms with Crippen molar-refractivity contribution >= 4 is 79.9 Å². The highest BCUT2D eigenvalue weighted by Gasteiger charge is 2.33. The van der Waals surface area contributed by atoms with Crippen LogP contribution in [0.3, 0.4) is 0 Å². The average Bonchev–Trinajstić information content (AvgIpc) is 3.30. The van der Waals surface area contributed by atoms with E-state index >= 15 is 13.2 Å². The van der Waals surface area contributed by atoms with Crippen LogP contribution < -0.4 is 30.9 Å². The summed E-state index contributed by atoms with van der Waals surface area (Å²) in [5, 5.41) is 9.92. The average molecular weight is 1000 g/mol. The van der Waals surface area contributed by atoms with Crippen molar-refractivity contribution in [2.24, 2.45) is 0 Å². The van der Waals surface area contributed by atoms with Gasteiger partial charge in [-0.1, -0.05) is 13.8 Å². The first kappa shape index (κ1) is 48.4. The highest BCUT2D eigenvalue weighted by atomic mass is 79.9. The number of pyridine rings is 1. The number of piperidine rings is 2. The van der Waals surface area contributed by atoms with Gasteiger partial charge in [0.25, 0.3) is 0 Å². The van der Waals surface area contributed by atoms with Crippen molar-refractivity contribution in [3.05, 3.63) is 93.0 Å². The first-order chi connectivity index (χ1) is 32.1. The minimum absolute atomic E-state index is 0.0585. The molecule has 0 aliphatic carbocycles. The van der Waals surface area contributed by atoms with Crippen molar-refractivity contribution in [2.75, 3.05) is 81.3 Å². The van der Waals surface area contributed by atoms with E-state index in [0.717, 1.165) is 75.5 Å². The number of hydrogen-bond donors (Lipinski definition) is 3. The highest BCUT2D eigenvalue weighted by Crippen LogP contribution is 2.43. The van der Waals surface area contributed by atoms with E-state index in [-0.39, 0.29) is 18.4 Å². The van der Waals surface area contributed by atoms with Crippen molar-refractivity contribution in [3.8, 4) is 5.75 Å². The number of aromatic nitrogens is 3. The fourth-order valence-corrected chi connectivity index (χ4v) is 11.5. The third-order valence-electron chi connectivity index (χ3n) is 13.1. The lowest BCUT2D eigenvalue weighted by Crippen LogP contribution is -2.53. The number of benzene rings is 3. The van der Waals surface area contributed by atoms with Crippen LogP contribution in [0.15, 0.2) is 53.1 Å². The van der Waals surface area contributed by atoms with E-state index in [4.69, 9.17) is 9.72 Å². The molecule has 3 aliphatic rings. The van der Waals surface area contributed by atoms with Crippen molar-refractivity contribution in [2.45, 2.75) is 77.7 Å². The standard InChI is InChI=1S/C49H58BrF3N9O4P/c1-6-30-25-41(57-49-54-28-34(50)47(59-49)56-40-11-10-39-33(46(40)67(4,5)65)26-35(51)38(7-2)55-39)43(66-8-3)27-42(30)62-17-14-31(15-18-62)61-21-19-60(20-22-61)16-13-29-23-36(52)45(37(53)24-29)32-9-12-44(63)58-48(32)64/h10-11,23-28,31-32H,6-9,12-22H2,1-5H3,(H,58,63,64)(H2,54,56,57,59)/t32-/m1/s1. The molecular weight excluding hydrogens is 946 g/mol. The second-order valence-electron chi connectivity index (χ2n) is 17.9. The summed E-state index contributed by atoms with van der Waals surface area (Å²) >= 11 is 3.58. The second-order valence-corrected chi connectivity index (χ2v) is 21.9. The molecular formula is C49H58BrF3N9O4P. The molecule has 18 heteroatoms. The minimum atomic E-state index is -2.94. The van der Waals surface area contributed by atoms with Crippen LogP contribution in [-0.4, -0.2) is 108 Å². The summed E-state index contributed by atoms with van der Waals surface area (Å²) in [6, 6.07) is 12.4. The zero-order valence-electron chi connectivity index (χ0n) is 38.7. The number of carbonyl (C=O) groups excluding carboxylic acids is 2. The van der Waals surface area contributed by atoms with Crippen LogP contribution in [0.2, 0.25) is 0 Å². The summed E-state index contributed by atoms with van der Waals surface area (Å²) in [7, 11) is -2.94. The molecule has 13 nitrogen and oxygen atoms in total. The van der Waals surface area contributed by atoms with Crippen LogP contribution >= 0.6 is 23.1 Å².